The summed E-state index contributed by atoms with van der Waals surface area (Å²) in [7, 11) is 0. The van der Waals surface area contributed by atoms with Crippen LogP contribution in [0.5, 0.6) is 0 Å². The molecule has 1 aliphatic rings. The first-order valence-corrected chi connectivity index (χ1v) is 10.7. The molecule has 3 N–H and O–H groups in total. The summed E-state index contributed by atoms with van der Waals surface area (Å²) in [6, 6.07) is 9.54. The number of aliphatic imine (C=N–C) groups is 1. The first-order chi connectivity index (χ1) is 14.4. The Morgan fingerprint density at radius 1 is 1.19 bits per heavy atom. The van der Waals surface area contributed by atoms with Crippen molar-refractivity contribution in [3.63, 3.8) is 0 Å². The lowest BCUT2D eigenvalue weighted by molar-refractivity contribution is 0.0389. The van der Waals surface area contributed by atoms with Crippen LogP contribution < -0.4 is 16.0 Å². The molecule has 176 valence electrons. The Kier molecular flexibility index (Phi) is 12.8. The number of rotatable bonds is 8. The van der Waals surface area contributed by atoms with Crippen molar-refractivity contribution >= 4 is 36.0 Å². The summed E-state index contributed by atoms with van der Waals surface area (Å²) in [5.41, 5.74) is 0.432. The summed E-state index contributed by atoms with van der Waals surface area (Å²) in [4.78, 5) is 19.4. The summed E-state index contributed by atoms with van der Waals surface area (Å²) >= 11 is 0. The van der Waals surface area contributed by atoms with E-state index in [1.807, 2.05) is 58.0 Å². The summed E-state index contributed by atoms with van der Waals surface area (Å²) in [5, 5.41) is 9.60. The number of alkyl carbamates (subject to hydrolysis) is 1. The molecule has 2 rings (SSSR count). The van der Waals surface area contributed by atoms with Crippen LogP contribution in [-0.2, 0) is 9.47 Å². The minimum atomic E-state index is -0.551. The summed E-state index contributed by atoms with van der Waals surface area (Å²) < 4.78 is 10.8. The van der Waals surface area contributed by atoms with Crippen LogP contribution in [0.3, 0.4) is 0 Å². The first-order valence-electron chi connectivity index (χ1n) is 10.7. The molecule has 0 spiro atoms. The van der Waals surface area contributed by atoms with Gasteiger partial charge in [0, 0.05) is 32.7 Å². The SMILES string of the molecule is CCNC(=NCC(NC(=O)OC(C)(C)C)c1ccccc1)NCCN1CCOCC1.I. The van der Waals surface area contributed by atoms with Crippen LogP contribution in [0.4, 0.5) is 4.79 Å². The number of carbonyl (C=O) groups is 1. The number of halogens is 1. The molecule has 31 heavy (non-hydrogen) atoms. The van der Waals surface area contributed by atoms with Crippen LogP contribution in [0.1, 0.15) is 39.3 Å². The lowest BCUT2D eigenvalue weighted by atomic mass is 10.1. The van der Waals surface area contributed by atoms with Crippen molar-refractivity contribution in [3.8, 4) is 0 Å². The van der Waals surface area contributed by atoms with Crippen LogP contribution in [0.25, 0.3) is 0 Å². The Morgan fingerprint density at radius 2 is 1.87 bits per heavy atom. The summed E-state index contributed by atoms with van der Waals surface area (Å²) in [5.74, 6) is 0.734. The first kappa shape index (κ1) is 27.4. The Hall–Kier alpha value is -1.59. The normalized spacial score (nSPS) is 16.1. The largest absolute Gasteiger partial charge is 0.444 e. The van der Waals surface area contributed by atoms with Gasteiger partial charge in [0.25, 0.3) is 0 Å². The van der Waals surface area contributed by atoms with Gasteiger partial charge in [-0.05, 0) is 33.3 Å². The zero-order chi connectivity index (χ0) is 21.8. The van der Waals surface area contributed by atoms with Gasteiger partial charge in [0.15, 0.2) is 5.96 Å². The summed E-state index contributed by atoms with van der Waals surface area (Å²) in [6.45, 7) is 14.0. The van der Waals surface area contributed by atoms with Crippen molar-refractivity contribution in [2.45, 2.75) is 39.3 Å². The van der Waals surface area contributed by atoms with Crippen LogP contribution in [0.2, 0.25) is 0 Å². The fourth-order valence-electron chi connectivity index (χ4n) is 3.05. The van der Waals surface area contributed by atoms with Crippen molar-refractivity contribution in [2.75, 3.05) is 52.5 Å². The second kappa shape index (κ2) is 14.5. The van der Waals surface area contributed by atoms with E-state index in [9.17, 15) is 4.79 Å². The van der Waals surface area contributed by atoms with Gasteiger partial charge in [-0.15, -0.1) is 24.0 Å². The molecule has 8 nitrogen and oxygen atoms in total. The molecular formula is C22H38IN5O3. The van der Waals surface area contributed by atoms with Gasteiger partial charge in [-0.25, -0.2) is 4.79 Å². The average molecular weight is 547 g/mol. The third kappa shape index (κ3) is 11.6. The zero-order valence-corrected chi connectivity index (χ0v) is 21.5. The van der Waals surface area contributed by atoms with Crippen molar-refractivity contribution in [1.29, 1.82) is 0 Å². The zero-order valence-electron chi connectivity index (χ0n) is 19.1. The van der Waals surface area contributed by atoms with Gasteiger partial charge in [0.2, 0.25) is 0 Å². The van der Waals surface area contributed by atoms with Crippen molar-refractivity contribution in [2.24, 2.45) is 4.99 Å². The van der Waals surface area contributed by atoms with E-state index in [1.165, 1.54) is 0 Å². The molecular weight excluding hydrogens is 509 g/mol. The molecule has 1 fully saturated rings. The fraction of sp³-hybridized carbons (Fsp3) is 0.636. The van der Waals surface area contributed by atoms with Gasteiger partial charge >= 0.3 is 6.09 Å². The van der Waals surface area contributed by atoms with Crippen LogP contribution in [0.15, 0.2) is 35.3 Å². The molecule has 0 aliphatic carbocycles. The number of amides is 1. The molecule has 1 saturated heterocycles. The van der Waals surface area contributed by atoms with Gasteiger partial charge in [0.1, 0.15) is 5.60 Å². The molecule has 1 aromatic carbocycles. The highest BCUT2D eigenvalue weighted by atomic mass is 127. The minimum Gasteiger partial charge on any atom is -0.444 e. The number of nitrogens with zero attached hydrogens (tertiary/aromatic N) is 2. The fourth-order valence-corrected chi connectivity index (χ4v) is 3.05. The van der Waals surface area contributed by atoms with E-state index in [2.05, 4.69) is 20.9 Å². The number of carbonyl (C=O) groups excluding carboxylic acids is 1. The lowest BCUT2D eigenvalue weighted by Gasteiger charge is -2.27. The monoisotopic (exact) mass is 547 g/mol. The molecule has 1 unspecified atom stereocenters. The van der Waals surface area contributed by atoms with Crippen molar-refractivity contribution in [3.05, 3.63) is 35.9 Å². The molecule has 0 aromatic heterocycles. The Labute approximate surface area is 203 Å². The van der Waals surface area contributed by atoms with Crippen molar-refractivity contribution < 1.29 is 14.3 Å². The summed E-state index contributed by atoms with van der Waals surface area (Å²) in [6.07, 6.45) is -0.447. The highest BCUT2D eigenvalue weighted by Gasteiger charge is 2.20. The number of hydrogen-bond acceptors (Lipinski definition) is 5. The molecule has 1 atom stereocenters. The molecule has 9 heteroatoms. The molecule has 0 radical (unpaired) electrons. The van der Waals surface area contributed by atoms with E-state index in [1.54, 1.807) is 0 Å². The maximum atomic E-state index is 12.3. The predicted octanol–water partition coefficient (Wildman–Crippen LogP) is 2.76. The Morgan fingerprint density at radius 3 is 2.48 bits per heavy atom. The standard InChI is InChI=1S/C22H37N5O3.HI/c1-5-23-20(24-11-12-27-13-15-29-16-14-27)25-17-19(18-9-7-6-8-10-18)26-21(28)30-22(2,3)4;/h6-10,19H,5,11-17H2,1-4H3,(H,26,28)(H2,23,24,25);1H. The highest BCUT2D eigenvalue weighted by Crippen LogP contribution is 2.15. The number of ether oxygens (including phenoxy) is 2. The third-order valence-corrected chi connectivity index (χ3v) is 4.49. The smallest absolute Gasteiger partial charge is 0.408 e. The van der Waals surface area contributed by atoms with Gasteiger partial charge < -0.3 is 25.4 Å². The van der Waals surface area contributed by atoms with E-state index >= 15 is 0 Å². The topological polar surface area (TPSA) is 87.2 Å². The maximum Gasteiger partial charge on any atom is 0.408 e. The van der Waals surface area contributed by atoms with Gasteiger partial charge in [-0.1, -0.05) is 30.3 Å². The molecule has 1 heterocycles. The molecule has 0 bridgehead atoms. The van der Waals surface area contributed by atoms with Gasteiger partial charge in [-0.2, -0.15) is 0 Å². The number of guanidine groups is 1. The van der Waals surface area contributed by atoms with E-state index in [-0.39, 0.29) is 30.0 Å². The second-order valence-corrected chi connectivity index (χ2v) is 8.21. The number of benzene rings is 1. The number of nitrogens with one attached hydrogen (secondary N) is 3. The Bertz CT molecular complexity index is 661. The van der Waals surface area contributed by atoms with Crippen LogP contribution in [0, 0.1) is 0 Å². The minimum absolute atomic E-state index is 0. The van der Waals surface area contributed by atoms with Crippen LogP contribution in [-0.4, -0.2) is 75.0 Å². The maximum absolute atomic E-state index is 12.3. The Balaban J connectivity index is 0.00000480. The van der Waals surface area contributed by atoms with Gasteiger partial charge in [-0.3, -0.25) is 9.89 Å². The average Bonchev–Trinajstić information content (AvgIpc) is 2.71. The third-order valence-electron chi connectivity index (χ3n) is 4.49. The van der Waals surface area contributed by atoms with Crippen LogP contribution >= 0.6 is 24.0 Å². The molecule has 1 aromatic rings. The predicted molar refractivity (Wildman–Crippen MR) is 135 cm³/mol. The lowest BCUT2D eigenvalue weighted by Crippen LogP contribution is -2.44. The molecule has 0 saturated carbocycles. The quantitative estimate of drug-likeness (QED) is 0.264. The molecule has 1 aliphatic heterocycles. The number of hydrogen-bond donors (Lipinski definition) is 3. The van der Waals surface area contributed by atoms with Gasteiger partial charge in [0.05, 0.1) is 25.8 Å². The highest BCUT2D eigenvalue weighted by molar-refractivity contribution is 14.0. The van der Waals surface area contributed by atoms with E-state index in [4.69, 9.17) is 14.5 Å². The van der Waals surface area contributed by atoms with E-state index < -0.39 is 11.7 Å². The second-order valence-electron chi connectivity index (χ2n) is 8.21. The molecule has 1 amide bonds. The van der Waals surface area contributed by atoms with Crippen molar-refractivity contribution in [1.82, 2.24) is 20.9 Å². The van der Waals surface area contributed by atoms with E-state index in [0.717, 1.165) is 57.5 Å². The van der Waals surface area contributed by atoms with E-state index in [0.29, 0.717) is 6.54 Å². The number of morpholine rings is 1.